The summed E-state index contributed by atoms with van der Waals surface area (Å²) in [5.74, 6) is 0.0826. The molecule has 0 spiro atoms. The molecule has 0 atom stereocenters. The Morgan fingerprint density at radius 2 is 1.77 bits per heavy atom. The van der Waals surface area contributed by atoms with Gasteiger partial charge in [0, 0.05) is 50.7 Å². The summed E-state index contributed by atoms with van der Waals surface area (Å²) < 4.78 is 13.5. The first-order valence-electron chi connectivity index (χ1n) is 10.3. The molecule has 2 heterocycles. The number of nitrogens with two attached hydrogens (primary N) is 1. The number of piperazine rings is 1. The Morgan fingerprint density at radius 1 is 1.13 bits per heavy atom. The quantitative estimate of drug-likeness (QED) is 0.732. The number of pyridine rings is 1. The lowest BCUT2D eigenvalue weighted by atomic mass is 10.0. The molecule has 2 aromatic rings. The van der Waals surface area contributed by atoms with Gasteiger partial charge in [-0.25, -0.2) is 4.39 Å². The number of carbonyl (C=O) groups excluding carboxylic acids is 1. The standard InChI is InChI=1S/C23H30FN5O/c1-17(2)15-29(16-21(30)28-13-11-27-12-14-28)23(19-7-9-26-10-8-19)22(25)18-3-5-20(24)6-4-18/h3-10,17,27H,11-16,25H2,1-2H3/b23-22-. The normalized spacial score (nSPS) is 15.1. The molecule has 1 fully saturated rings. The predicted octanol–water partition coefficient (Wildman–Crippen LogP) is 2.40. The molecule has 0 aliphatic carbocycles. The number of hydrogen-bond donors (Lipinski definition) is 2. The largest absolute Gasteiger partial charge is 0.397 e. The summed E-state index contributed by atoms with van der Waals surface area (Å²) in [7, 11) is 0. The first kappa shape index (κ1) is 21.8. The Hall–Kier alpha value is -2.93. The van der Waals surface area contributed by atoms with E-state index in [2.05, 4.69) is 24.1 Å². The van der Waals surface area contributed by atoms with Gasteiger partial charge in [0.05, 0.1) is 17.9 Å². The molecule has 1 amide bonds. The smallest absolute Gasteiger partial charge is 0.242 e. The zero-order valence-corrected chi connectivity index (χ0v) is 17.6. The number of nitrogens with one attached hydrogen (secondary N) is 1. The van der Waals surface area contributed by atoms with Gasteiger partial charge in [-0.15, -0.1) is 0 Å². The molecule has 30 heavy (non-hydrogen) atoms. The number of aromatic nitrogens is 1. The Morgan fingerprint density at radius 3 is 2.37 bits per heavy atom. The zero-order chi connectivity index (χ0) is 21.5. The fraction of sp³-hybridized carbons (Fsp3) is 0.391. The number of benzene rings is 1. The minimum absolute atomic E-state index is 0.0793. The molecule has 0 radical (unpaired) electrons. The fourth-order valence-corrected chi connectivity index (χ4v) is 3.64. The van der Waals surface area contributed by atoms with Crippen molar-refractivity contribution in [2.75, 3.05) is 39.3 Å². The molecule has 3 N–H and O–H groups in total. The number of nitrogens with zero attached hydrogens (tertiary/aromatic N) is 3. The van der Waals surface area contributed by atoms with Crippen LogP contribution in [-0.2, 0) is 4.79 Å². The van der Waals surface area contributed by atoms with E-state index in [1.165, 1.54) is 12.1 Å². The second-order valence-corrected chi connectivity index (χ2v) is 7.91. The van der Waals surface area contributed by atoms with Crippen molar-refractivity contribution in [3.05, 3.63) is 65.7 Å². The van der Waals surface area contributed by atoms with E-state index in [1.807, 2.05) is 21.9 Å². The van der Waals surface area contributed by atoms with Crippen molar-refractivity contribution >= 4 is 17.3 Å². The summed E-state index contributed by atoms with van der Waals surface area (Å²) in [5, 5.41) is 3.27. The van der Waals surface area contributed by atoms with Crippen molar-refractivity contribution in [1.82, 2.24) is 20.1 Å². The van der Waals surface area contributed by atoms with Crippen LogP contribution in [0, 0.1) is 11.7 Å². The third-order valence-corrected chi connectivity index (χ3v) is 5.06. The summed E-state index contributed by atoms with van der Waals surface area (Å²) in [6.07, 6.45) is 3.41. The second kappa shape index (κ2) is 10.2. The van der Waals surface area contributed by atoms with E-state index < -0.39 is 0 Å². The molecule has 1 saturated heterocycles. The zero-order valence-electron chi connectivity index (χ0n) is 17.6. The molecular weight excluding hydrogens is 381 g/mol. The lowest BCUT2D eigenvalue weighted by Crippen LogP contribution is -2.49. The second-order valence-electron chi connectivity index (χ2n) is 7.91. The van der Waals surface area contributed by atoms with Gasteiger partial charge in [-0.05, 0) is 47.9 Å². The average molecular weight is 412 g/mol. The minimum Gasteiger partial charge on any atom is -0.397 e. The summed E-state index contributed by atoms with van der Waals surface area (Å²) in [5.41, 5.74) is 9.48. The highest BCUT2D eigenvalue weighted by molar-refractivity contribution is 5.90. The Kier molecular flexibility index (Phi) is 7.41. The predicted molar refractivity (Wildman–Crippen MR) is 117 cm³/mol. The molecule has 7 heteroatoms. The van der Waals surface area contributed by atoms with Gasteiger partial charge < -0.3 is 20.9 Å². The third-order valence-electron chi connectivity index (χ3n) is 5.06. The molecule has 6 nitrogen and oxygen atoms in total. The molecule has 160 valence electrons. The van der Waals surface area contributed by atoms with Crippen molar-refractivity contribution < 1.29 is 9.18 Å². The van der Waals surface area contributed by atoms with Crippen molar-refractivity contribution in [3.63, 3.8) is 0 Å². The first-order chi connectivity index (χ1) is 14.5. The maximum absolute atomic E-state index is 13.5. The highest BCUT2D eigenvalue weighted by atomic mass is 19.1. The van der Waals surface area contributed by atoms with E-state index in [0.29, 0.717) is 36.8 Å². The number of rotatable bonds is 7. The Bertz CT molecular complexity index is 861. The number of halogens is 1. The molecular formula is C23H30FN5O. The van der Waals surface area contributed by atoms with Crippen LogP contribution >= 0.6 is 0 Å². The highest BCUT2D eigenvalue weighted by Crippen LogP contribution is 2.27. The van der Waals surface area contributed by atoms with E-state index in [-0.39, 0.29) is 18.3 Å². The van der Waals surface area contributed by atoms with Crippen LogP contribution in [0.15, 0.2) is 48.8 Å². The lowest BCUT2D eigenvalue weighted by Gasteiger charge is -2.34. The Labute approximate surface area is 177 Å². The van der Waals surface area contributed by atoms with Gasteiger partial charge in [-0.1, -0.05) is 13.8 Å². The number of carbonyl (C=O) groups is 1. The monoisotopic (exact) mass is 411 g/mol. The van der Waals surface area contributed by atoms with E-state index in [9.17, 15) is 9.18 Å². The summed E-state index contributed by atoms with van der Waals surface area (Å²) in [4.78, 5) is 21.1. The van der Waals surface area contributed by atoms with Crippen molar-refractivity contribution in [3.8, 4) is 0 Å². The van der Waals surface area contributed by atoms with Gasteiger partial charge in [0.15, 0.2) is 0 Å². The van der Waals surface area contributed by atoms with E-state index in [1.54, 1.807) is 24.5 Å². The van der Waals surface area contributed by atoms with Crippen LogP contribution in [0.1, 0.15) is 25.0 Å². The van der Waals surface area contributed by atoms with Gasteiger partial charge >= 0.3 is 0 Å². The Balaban J connectivity index is 2.01. The summed E-state index contributed by atoms with van der Waals surface area (Å²) in [6.45, 7) is 8.14. The first-order valence-corrected chi connectivity index (χ1v) is 10.3. The number of hydrogen-bond acceptors (Lipinski definition) is 5. The van der Waals surface area contributed by atoms with Gasteiger partial charge in [-0.2, -0.15) is 0 Å². The van der Waals surface area contributed by atoms with Crippen molar-refractivity contribution in [2.24, 2.45) is 11.7 Å². The van der Waals surface area contributed by atoms with Crippen LogP contribution in [0.25, 0.3) is 11.4 Å². The molecule has 3 rings (SSSR count). The molecule has 0 bridgehead atoms. The van der Waals surface area contributed by atoms with Gasteiger partial charge in [0.25, 0.3) is 0 Å². The van der Waals surface area contributed by atoms with E-state index in [0.717, 1.165) is 24.4 Å². The van der Waals surface area contributed by atoms with Crippen LogP contribution in [0.3, 0.4) is 0 Å². The lowest BCUT2D eigenvalue weighted by molar-refractivity contribution is -0.132. The molecule has 0 saturated carbocycles. The third kappa shape index (κ3) is 5.57. The van der Waals surface area contributed by atoms with Crippen LogP contribution in [-0.4, -0.2) is 60.0 Å². The molecule has 1 aromatic heterocycles. The van der Waals surface area contributed by atoms with Crippen LogP contribution in [0.5, 0.6) is 0 Å². The van der Waals surface area contributed by atoms with E-state index >= 15 is 0 Å². The molecule has 1 aliphatic heterocycles. The fourth-order valence-electron chi connectivity index (χ4n) is 3.64. The molecule has 1 aromatic carbocycles. The van der Waals surface area contributed by atoms with Crippen LogP contribution < -0.4 is 11.1 Å². The van der Waals surface area contributed by atoms with Gasteiger partial charge in [0.1, 0.15) is 5.82 Å². The van der Waals surface area contributed by atoms with Crippen LogP contribution in [0.2, 0.25) is 0 Å². The maximum atomic E-state index is 13.5. The van der Waals surface area contributed by atoms with E-state index in [4.69, 9.17) is 5.73 Å². The highest BCUT2D eigenvalue weighted by Gasteiger charge is 2.24. The summed E-state index contributed by atoms with van der Waals surface area (Å²) in [6, 6.07) is 9.88. The summed E-state index contributed by atoms with van der Waals surface area (Å²) >= 11 is 0. The van der Waals surface area contributed by atoms with Crippen molar-refractivity contribution in [2.45, 2.75) is 13.8 Å². The topological polar surface area (TPSA) is 74.5 Å². The minimum atomic E-state index is -0.315. The van der Waals surface area contributed by atoms with Gasteiger partial charge in [-0.3, -0.25) is 9.78 Å². The average Bonchev–Trinajstić information content (AvgIpc) is 2.75. The van der Waals surface area contributed by atoms with Crippen LogP contribution in [0.4, 0.5) is 4.39 Å². The molecule has 0 unspecified atom stereocenters. The number of amides is 1. The SMILES string of the molecule is CC(C)CN(CC(=O)N1CCNCC1)/C(=C(\N)c1ccc(F)cc1)c1ccncc1. The van der Waals surface area contributed by atoms with Gasteiger partial charge in [0.2, 0.25) is 5.91 Å². The molecule has 1 aliphatic rings. The van der Waals surface area contributed by atoms with Crippen molar-refractivity contribution in [1.29, 1.82) is 0 Å². The maximum Gasteiger partial charge on any atom is 0.242 e.